The van der Waals surface area contributed by atoms with Gasteiger partial charge in [-0.2, -0.15) is 11.8 Å². The van der Waals surface area contributed by atoms with E-state index in [1.54, 1.807) is 23.9 Å². The smallest absolute Gasteiger partial charge is 0.316 e. The molecule has 4 heteroatoms. The Hall–Kier alpha value is -0.480. The highest BCUT2D eigenvalue weighted by atomic mass is 79.9. The fourth-order valence-corrected chi connectivity index (χ4v) is 2.08. The van der Waals surface area contributed by atoms with Crippen LogP contribution in [0.1, 0.15) is 0 Å². The Morgan fingerprint density at radius 1 is 1.36 bits per heavy atom. The van der Waals surface area contributed by atoms with Gasteiger partial charge in [0.15, 0.2) is 0 Å². The van der Waals surface area contributed by atoms with Crippen LogP contribution in [0.25, 0.3) is 0 Å². The molecule has 1 heterocycles. The first-order chi connectivity index (χ1) is 6.75. The highest BCUT2D eigenvalue weighted by molar-refractivity contribution is 9.10. The van der Waals surface area contributed by atoms with Crippen molar-refractivity contribution in [3.63, 3.8) is 0 Å². The van der Waals surface area contributed by atoms with Crippen molar-refractivity contribution in [2.24, 2.45) is 5.92 Å². The average Bonchev–Trinajstić information content (AvgIpc) is 2.06. The molecule has 0 unspecified atom stereocenters. The van der Waals surface area contributed by atoms with Crippen LogP contribution in [-0.2, 0) is 4.79 Å². The highest BCUT2D eigenvalue weighted by Crippen LogP contribution is 2.26. The van der Waals surface area contributed by atoms with Crippen molar-refractivity contribution >= 4 is 33.7 Å². The molecule has 14 heavy (non-hydrogen) atoms. The van der Waals surface area contributed by atoms with Gasteiger partial charge in [0, 0.05) is 16.0 Å². The van der Waals surface area contributed by atoms with Crippen LogP contribution in [0.5, 0.6) is 5.75 Å². The molecule has 1 fully saturated rings. The minimum atomic E-state index is -0.105. The first kappa shape index (κ1) is 10.1. The van der Waals surface area contributed by atoms with Gasteiger partial charge in [0.1, 0.15) is 5.75 Å². The summed E-state index contributed by atoms with van der Waals surface area (Å²) in [6.45, 7) is 0. The second-order valence-corrected chi connectivity index (χ2v) is 5.10. The van der Waals surface area contributed by atoms with Crippen LogP contribution < -0.4 is 4.74 Å². The van der Waals surface area contributed by atoms with E-state index in [2.05, 4.69) is 15.9 Å². The van der Waals surface area contributed by atoms with E-state index in [4.69, 9.17) is 4.74 Å². The SMILES string of the molecule is O=C(Oc1ccc(Br)cc1)C1CSC1. The van der Waals surface area contributed by atoms with Crippen molar-refractivity contribution < 1.29 is 9.53 Å². The standard InChI is InChI=1S/C10H9BrO2S/c11-8-1-3-9(4-2-8)13-10(12)7-5-14-6-7/h1-4,7H,5-6H2. The molecule has 0 radical (unpaired) electrons. The molecule has 1 aromatic carbocycles. The molecule has 1 aromatic rings. The van der Waals surface area contributed by atoms with Crippen LogP contribution >= 0.6 is 27.7 Å². The first-order valence-corrected chi connectivity index (χ1v) is 6.25. The van der Waals surface area contributed by atoms with Crippen LogP contribution in [0.2, 0.25) is 0 Å². The number of thioether (sulfide) groups is 1. The number of hydrogen-bond donors (Lipinski definition) is 0. The van der Waals surface area contributed by atoms with Gasteiger partial charge < -0.3 is 4.74 Å². The summed E-state index contributed by atoms with van der Waals surface area (Å²) in [7, 11) is 0. The molecule has 0 N–H and O–H groups in total. The van der Waals surface area contributed by atoms with Crippen molar-refractivity contribution in [2.45, 2.75) is 0 Å². The molecule has 0 atom stereocenters. The van der Waals surface area contributed by atoms with E-state index in [-0.39, 0.29) is 11.9 Å². The molecule has 0 bridgehead atoms. The topological polar surface area (TPSA) is 26.3 Å². The van der Waals surface area contributed by atoms with Crippen LogP contribution in [-0.4, -0.2) is 17.5 Å². The number of benzene rings is 1. The maximum Gasteiger partial charge on any atom is 0.316 e. The lowest BCUT2D eigenvalue weighted by Gasteiger charge is -2.22. The molecule has 2 rings (SSSR count). The van der Waals surface area contributed by atoms with Crippen LogP contribution in [0.3, 0.4) is 0 Å². The van der Waals surface area contributed by atoms with E-state index < -0.39 is 0 Å². The van der Waals surface area contributed by atoms with E-state index in [0.29, 0.717) is 5.75 Å². The fourth-order valence-electron chi connectivity index (χ4n) is 1.07. The summed E-state index contributed by atoms with van der Waals surface area (Å²) in [6.07, 6.45) is 0. The summed E-state index contributed by atoms with van der Waals surface area (Å²) < 4.78 is 6.18. The molecular weight excluding hydrogens is 264 g/mol. The maximum atomic E-state index is 11.4. The minimum Gasteiger partial charge on any atom is -0.426 e. The van der Waals surface area contributed by atoms with Crippen LogP contribution in [0.4, 0.5) is 0 Å². The van der Waals surface area contributed by atoms with Gasteiger partial charge in [-0.05, 0) is 24.3 Å². The predicted octanol–water partition coefficient (Wildman–Crippen LogP) is 2.72. The number of ether oxygens (including phenoxy) is 1. The Bertz CT molecular complexity index is 332. The van der Waals surface area contributed by atoms with Crippen molar-refractivity contribution in [2.75, 3.05) is 11.5 Å². The molecule has 0 spiro atoms. The van der Waals surface area contributed by atoms with Gasteiger partial charge in [0.2, 0.25) is 0 Å². The largest absolute Gasteiger partial charge is 0.426 e. The van der Waals surface area contributed by atoms with E-state index in [9.17, 15) is 4.79 Å². The maximum absolute atomic E-state index is 11.4. The van der Waals surface area contributed by atoms with Gasteiger partial charge in [0.05, 0.1) is 5.92 Å². The van der Waals surface area contributed by atoms with Crippen molar-refractivity contribution in [1.82, 2.24) is 0 Å². The molecule has 0 saturated carbocycles. The van der Waals surface area contributed by atoms with Crippen molar-refractivity contribution in [3.05, 3.63) is 28.7 Å². The van der Waals surface area contributed by atoms with Gasteiger partial charge >= 0.3 is 5.97 Å². The molecule has 1 aliphatic rings. The summed E-state index contributed by atoms with van der Waals surface area (Å²) in [5, 5.41) is 0. The monoisotopic (exact) mass is 272 g/mol. The normalized spacial score (nSPS) is 16.1. The molecule has 1 aliphatic heterocycles. The van der Waals surface area contributed by atoms with E-state index in [0.717, 1.165) is 16.0 Å². The number of carbonyl (C=O) groups excluding carboxylic acids is 1. The molecule has 0 amide bonds. The Morgan fingerprint density at radius 2 is 2.00 bits per heavy atom. The first-order valence-electron chi connectivity index (χ1n) is 4.31. The van der Waals surface area contributed by atoms with Crippen molar-refractivity contribution in [3.8, 4) is 5.75 Å². The van der Waals surface area contributed by atoms with Gasteiger partial charge in [-0.15, -0.1) is 0 Å². The zero-order valence-corrected chi connectivity index (χ0v) is 9.81. The Balaban J connectivity index is 1.96. The summed E-state index contributed by atoms with van der Waals surface area (Å²) in [4.78, 5) is 11.4. The van der Waals surface area contributed by atoms with Gasteiger partial charge in [-0.1, -0.05) is 15.9 Å². The zero-order chi connectivity index (χ0) is 9.97. The lowest BCUT2D eigenvalue weighted by Crippen LogP contribution is -2.31. The third-order valence-electron chi connectivity index (χ3n) is 2.00. The minimum absolute atomic E-state index is 0.101. The summed E-state index contributed by atoms with van der Waals surface area (Å²) in [5.74, 6) is 2.41. The Kier molecular flexibility index (Phi) is 3.13. The lowest BCUT2D eigenvalue weighted by molar-refractivity contribution is -0.137. The lowest BCUT2D eigenvalue weighted by atomic mass is 10.2. The number of halogens is 1. The number of carbonyl (C=O) groups is 1. The zero-order valence-electron chi connectivity index (χ0n) is 7.40. The number of rotatable bonds is 2. The Labute approximate surface area is 95.2 Å². The third-order valence-corrected chi connectivity index (χ3v) is 3.81. The van der Waals surface area contributed by atoms with E-state index in [1.165, 1.54) is 0 Å². The molecule has 1 saturated heterocycles. The second kappa shape index (κ2) is 4.36. The molecular formula is C10H9BrO2S. The molecule has 0 aliphatic carbocycles. The predicted molar refractivity (Wildman–Crippen MR) is 60.6 cm³/mol. The third kappa shape index (κ3) is 2.30. The average molecular weight is 273 g/mol. The van der Waals surface area contributed by atoms with Crippen LogP contribution in [0, 0.1) is 5.92 Å². The second-order valence-electron chi connectivity index (χ2n) is 3.11. The molecule has 74 valence electrons. The molecule has 2 nitrogen and oxygen atoms in total. The van der Waals surface area contributed by atoms with Gasteiger partial charge in [0.25, 0.3) is 0 Å². The highest BCUT2D eigenvalue weighted by Gasteiger charge is 2.27. The van der Waals surface area contributed by atoms with Crippen LogP contribution in [0.15, 0.2) is 28.7 Å². The summed E-state index contributed by atoms with van der Waals surface area (Å²) in [5.41, 5.74) is 0. The van der Waals surface area contributed by atoms with Crippen molar-refractivity contribution in [1.29, 1.82) is 0 Å². The number of hydrogen-bond acceptors (Lipinski definition) is 3. The summed E-state index contributed by atoms with van der Waals surface area (Å²) in [6, 6.07) is 7.29. The fraction of sp³-hybridized carbons (Fsp3) is 0.300. The van der Waals surface area contributed by atoms with E-state index in [1.807, 2.05) is 12.1 Å². The van der Waals surface area contributed by atoms with E-state index >= 15 is 0 Å². The summed E-state index contributed by atoms with van der Waals surface area (Å²) >= 11 is 5.10. The van der Waals surface area contributed by atoms with Gasteiger partial charge in [-0.3, -0.25) is 4.79 Å². The quantitative estimate of drug-likeness (QED) is 0.612. The number of esters is 1. The Morgan fingerprint density at radius 3 is 2.50 bits per heavy atom. The molecule has 0 aromatic heterocycles. The van der Waals surface area contributed by atoms with Gasteiger partial charge in [-0.25, -0.2) is 0 Å².